The van der Waals surface area contributed by atoms with Gasteiger partial charge in [0.1, 0.15) is 12.4 Å². The molecule has 4 heteroatoms. The highest BCUT2D eigenvalue weighted by atomic mass is 16.5. The molecule has 0 aromatic heterocycles. The molecule has 0 saturated heterocycles. The summed E-state index contributed by atoms with van der Waals surface area (Å²) in [5.74, 6) is 1.00. The maximum atomic E-state index is 12.9. The van der Waals surface area contributed by atoms with Crippen molar-refractivity contribution in [3.8, 4) is 5.75 Å². The quantitative estimate of drug-likeness (QED) is 0.856. The Morgan fingerprint density at radius 3 is 2.65 bits per heavy atom. The van der Waals surface area contributed by atoms with E-state index in [0.717, 1.165) is 37.2 Å². The summed E-state index contributed by atoms with van der Waals surface area (Å²) in [6, 6.07) is 18.2. The van der Waals surface area contributed by atoms with Crippen LogP contribution in [0.15, 0.2) is 54.6 Å². The van der Waals surface area contributed by atoms with Gasteiger partial charge >= 0.3 is 0 Å². The van der Waals surface area contributed by atoms with Crippen LogP contribution >= 0.6 is 0 Å². The van der Waals surface area contributed by atoms with Gasteiger partial charge in [-0.15, -0.1) is 0 Å². The molecule has 2 aromatic rings. The molecule has 0 radical (unpaired) electrons. The topological polar surface area (TPSA) is 41.6 Å². The van der Waals surface area contributed by atoms with Gasteiger partial charge in [-0.1, -0.05) is 61.9 Å². The second-order valence-corrected chi connectivity index (χ2v) is 6.86. The van der Waals surface area contributed by atoms with E-state index in [0.29, 0.717) is 6.61 Å². The second-order valence-electron chi connectivity index (χ2n) is 6.86. The lowest BCUT2D eigenvalue weighted by atomic mass is 10.0. The first-order valence-electron chi connectivity index (χ1n) is 9.49. The number of ether oxygens (including phenoxy) is 1. The highest BCUT2D eigenvalue weighted by molar-refractivity contribution is 5.81. The highest BCUT2D eigenvalue weighted by Crippen LogP contribution is 2.24. The van der Waals surface area contributed by atoms with Crippen molar-refractivity contribution in [1.29, 1.82) is 0 Å². The summed E-state index contributed by atoms with van der Waals surface area (Å²) in [6.07, 6.45) is 1.97. The Bertz CT molecular complexity index is 717. The molecule has 1 aliphatic rings. The molecule has 0 fully saturated rings. The second kappa shape index (κ2) is 8.86. The van der Waals surface area contributed by atoms with E-state index in [2.05, 4.69) is 35.3 Å². The molecule has 138 valence electrons. The van der Waals surface area contributed by atoms with Crippen molar-refractivity contribution >= 4 is 5.91 Å². The van der Waals surface area contributed by atoms with E-state index >= 15 is 0 Å². The number of carbonyl (C=O) groups excluding carboxylic acids is 1. The number of carbonyl (C=O) groups is 1. The van der Waals surface area contributed by atoms with Crippen LogP contribution in [0.2, 0.25) is 0 Å². The lowest BCUT2D eigenvalue weighted by Gasteiger charge is -2.28. The van der Waals surface area contributed by atoms with Crippen molar-refractivity contribution in [2.45, 2.75) is 45.3 Å². The molecule has 2 atom stereocenters. The Morgan fingerprint density at radius 2 is 1.88 bits per heavy atom. The molecular weight excluding hydrogens is 324 g/mol. The van der Waals surface area contributed by atoms with E-state index in [1.807, 2.05) is 43.3 Å². The largest absolute Gasteiger partial charge is 0.492 e. The molecule has 0 spiro atoms. The molecule has 1 amide bonds. The average Bonchev–Trinajstić information content (AvgIpc) is 2.90. The Balaban J connectivity index is 1.68. The van der Waals surface area contributed by atoms with Gasteiger partial charge in [0.2, 0.25) is 5.91 Å². The van der Waals surface area contributed by atoms with Gasteiger partial charge in [-0.3, -0.25) is 9.69 Å². The van der Waals surface area contributed by atoms with E-state index in [1.165, 1.54) is 5.56 Å². The Labute approximate surface area is 156 Å². The van der Waals surface area contributed by atoms with Crippen LogP contribution in [-0.4, -0.2) is 30.0 Å². The first-order chi connectivity index (χ1) is 12.7. The van der Waals surface area contributed by atoms with Crippen molar-refractivity contribution in [3.05, 3.63) is 65.7 Å². The Hall–Kier alpha value is -2.33. The SMILES string of the molecule is CCCC(NC(=O)C(C)N1CCOc2ccccc2C1)c1ccccc1. The van der Waals surface area contributed by atoms with E-state index in [9.17, 15) is 4.79 Å². The molecular formula is C22H28N2O2. The van der Waals surface area contributed by atoms with E-state index in [-0.39, 0.29) is 18.0 Å². The molecule has 1 aliphatic heterocycles. The van der Waals surface area contributed by atoms with Crippen LogP contribution in [0.1, 0.15) is 43.9 Å². The Morgan fingerprint density at radius 1 is 1.15 bits per heavy atom. The average molecular weight is 352 g/mol. The zero-order valence-corrected chi connectivity index (χ0v) is 15.7. The molecule has 1 heterocycles. The first kappa shape index (κ1) is 18.5. The highest BCUT2D eigenvalue weighted by Gasteiger charge is 2.26. The van der Waals surface area contributed by atoms with Crippen LogP contribution in [0.3, 0.4) is 0 Å². The number of benzene rings is 2. The van der Waals surface area contributed by atoms with Gasteiger partial charge in [0.15, 0.2) is 0 Å². The van der Waals surface area contributed by atoms with Crippen LogP contribution < -0.4 is 10.1 Å². The third kappa shape index (κ3) is 4.44. The van der Waals surface area contributed by atoms with Crippen molar-refractivity contribution in [2.24, 2.45) is 0 Å². The van der Waals surface area contributed by atoms with Gasteiger partial charge in [-0.25, -0.2) is 0 Å². The van der Waals surface area contributed by atoms with E-state index in [4.69, 9.17) is 4.74 Å². The minimum absolute atomic E-state index is 0.0617. The number of nitrogens with one attached hydrogen (secondary N) is 1. The number of nitrogens with zero attached hydrogens (tertiary/aromatic N) is 1. The normalized spacial score (nSPS) is 16.7. The van der Waals surface area contributed by atoms with Crippen molar-refractivity contribution in [2.75, 3.05) is 13.2 Å². The maximum Gasteiger partial charge on any atom is 0.237 e. The smallest absolute Gasteiger partial charge is 0.237 e. The number of amides is 1. The van der Waals surface area contributed by atoms with Gasteiger partial charge in [0.05, 0.1) is 12.1 Å². The zero-order valence-electron chi connectivity index (χ0n) is 15.7. The number of hydrogen-bond donors (Lipinski definition) is 1. The molecule has 2 unspecified atom stereocenters. The third-order valence-corrected chi connectivity index (χ3v) is 5.01. The fraction of sp³-hybridized carbons (Fsp3) is 0.409. The molecule has 1 N–H and O–H groups in total. The predicted octanol–water partition coefficient (Wildman–Crippen LogP) is 3.93. The van der Waals surface area contributed by atoms with Crippen LogP contribution in [0, 0.1) is 0 Å². The summed E-state index contributed by atoms with van der Waals surface area (Å²) >= 11 is 0. The van der Waals surface area contributed by atoms with Crippen molar-refractivity contribution in [1.82, 2.24) is 10.2 Å². The van der Waals surface area contributed by atoms with E-state index in [1.54, 1.807) is 0 Å². The molecule has 0 bridgehead atoms. The van der Waals surface area contributed by atoms with Crippen LogP contribution in [-0.2, 0) is 11.3 Å². The zero-order chi connectivity index (χ0) is 18.4. The van der Waals surface area contributed by atoms with Gasteiger partial charge in [-0.05, 0) is 25.0 Å². The van der Waals surface area contributed by atoms with Crippen LogP contribution in [0.4, 0.5) is 0 Å². The Kier molecular flexibility index (Phi) is 6.29. The molecule has 0 saturated carbocycles. The molecule has 2 aromatic carbocycles. The summed E-state index contributed by atoms with van der Waals surface area (Å²) in [5.41, 5.74) is 2.30. The van der Waals surface area contributed by atoms with Gasteiger partial charge in [-0.2, -0.15) is 0 Å². The lowest BCUT2D eigenvalue weighted by molar-refractivity contribution is -0.127. The fourth-order valence-electron chi connectivity index (χ4n) is 3.43. The van der Waals surface area contributed by atoms with Crippen LogP contribution in [0.5, 0.6) is 5.75 Å². The summed E-state index contributed by atoms with van der Waals surface area (Å²) in [5, 5.41) is 3.25. The third-order valence-electron chi connectivity index (χ3n) is 5.01. The summed E-state index contributed by atoms with van der Waals surface area (Å²) in [4.78, 5) is 15.1. The number of fused-ring (bicyclic) bond motifs is 1. The van der Waals surface area contributed by atoms with Crippen molar-refractivity contribution in [3.63, 3.8) is 0 Å². The maximum absolute atomic E-state index is 12.9. The standard InChI is InChI=1S/C22H28N2O2/c1-3-9-20(18-10-5-4-6-11-18)23-22(25)17(2)24-14-15-26-21-13-8-7-12-19(21)16-24/h4-8,10-13,17,20H,3,9,14-16H2,1-2H3,(H,23,25). The van der Waals surface area contributed by atoms with Crippen LogP contribution in [0.25, 0.3) is 0 Å². The minimum atomic E-state index is -0.201. The van der Waals surface area contributed by atoms with Gasteiger partial charge < -0.3 is 10.1 Å². The number of para-hydroxylation sites is 1. The molecule has 4 nitrogen and oxygen atoms in total. The molecule has 26 heavy (non-hydrogen) atoms. The summed E-state index contributed by atoms with van der Waals surface area (Å²) in [7, 11) is 0. The summed E-state index contributed by atoms with van der Waals surface area (Å²) < 4.78 is 5.82. The first-order valence-corrected chi connectivity index (χ1v) is 9.49. The lowest BCUT2D eigenvalue weighted by Crippen LogP contribution is -2.46. The van der Waals surface area contributed by atoms with Crippen molar-refractivity contribution < 1.29 is 9.53 Å². The van der Waals surface area contributed by atoms with Gasteiger partial charge in [0.25, 0.3) is 0 Å². The molecule has 3 rings (SSSR count). The minimum Gasteiger partial charge on any atom is -0.492 e. The monoisotopic (exact) mass is 352 g/mol. The molecule has 0 aliphatic carbocycles. The fourth-order valence-corrected chi connectivity index (χ4v) is 3.43. The number of hydrogen-bond acceptors (Lipinski definition) is 3. The number of rotatable bonds is 6. The summed E-state index contributed by atoms with van der Waals surface area (Å²) in [6.45, 7) is 6.21. The van der Waals surface area contributed by atoms with E-state index < -0.39 is 0 Å². The van der Waals surface area contributed by atoms with Gasteiger partial charge in [0, 0.05) is 18.7 Å². The predicted molar refractivity (Wildman–Crippen MR) is 104 cm³/mol.